The molecule has 0 aromatic heterocycles. The molecule has 0 aliphatic rings. The van der Waals surface area contributed by atoms with Crippen LogP contribution in [0.15, 0.2) is 24.3 Å². The number of halogens is 1. The van der Waals surface area contributed by atoms with Gasteiger partial charge in [-0.3, -0.25) is 4.90 Å². The van der Waals surface area contributed by atoms with Gasteiger partial charge in [0.1, 0.15) is 11.9 Å². The summed E-state index contributed by atoms with van der Waals surface area (Å²) in [6.45, 7) is 6.91. The summed E-state index contributed by atoms with van der Waals surface area (Å²) in [5.74, 6) is 0. The molecule has 5 heteroatoms. The minimum absolute atomic E-state index is 0.391. The van der Waals surface area contributed by atoms with Crippen molar-refractivity contribution >= 4 is 29.7 Å². The average Bonchev–Trinajstić information content (AvgIpc) is 2.29. The van der Waals surface area contributed by atoms with Crippen LogP contribution in [0.2, 0.25) is 5.02 Å². The minimum atomic E-state index is -0.658. The fraction of sp³-hybridized carbons (Fsp3) is 0.429. The zero-order valence-corrected chi connectivity index (χ0v) is 12.3. The lowest BCUT2D eigenvalue weighted by Crippen LogP contribution is -2.43. The highest BCUT2D eigenvalue weighted by molar-refractivity contribution is 6.33. The summed E-state index contributed by atoms with van der Waals surface area (Å²) in [5.41, 5.74) is -0.183. The second kappa shape index (κ2) is 6.06. The number of rotatable bonds is 3. The summed E-state index contributed by atoms with van der Waals surface area (Å²) >= 11 is 6.07. The maximum absolute atomic E-state index is 12.2. The van der Waals surface area contributed by atoms with Crippen molar-refractivity contribution in [2.75, 3.05) is 4.90 Å². The molecule has 0 saturated carbocycles. The van der Waals surface area contributed by atoms with E-state index in [1.807, 2.05) is 0 Å². The van der Waals surface area contributed by atoms with E-state index in [1.165, 1.54) is 4.90 Å². The van der Waals surface area contributed by atoms with Crippen LogP contribution >= 0.6 is 11.6 Å². The van der Waals surface area contributed by atoms with Crippen molar-refractivity contribution in [3.63, 3.8) is 0 Å². The van der Waals surface area contributed by atoms with E-state index in [2.05, 4.69) is 0 Å². The number of amides is 1. The van der Waals surface area contributed by atoms with Crippen molar-refractivity contribution in [2.45, 2.75) is 39.3 Å². The number of carbonyl (C=O) groups is 2. The lowest BCUT2D eigenvalue weighted by molar-refractivity contribution is -0.108. The Morgan fingerprint density at radius 2 is 1.95 bits per heavy atom. The third kappa shape index (κ3) is 4.24. The van der Waals surface area contributed by atoms with E-state index in [4.69, 9.17) is 16.3 Å². The van der Waals surface area contributed by atoms with Crippen LogP contribution in [0, 0.1) is 0 Å². The molecule has 0 heterocycles. The number of ether oxygens (including phenoxy) is 1. The van der Waals surface area contributed by atoms with Gasteiger partial charge >= 0.3 is 6.09 Å². The van der Waals surface area contributed by atoms with Gasteiger partial charge in [0.2, 0.25) is 0 Å². The maximum Gasteiger partial charge on any atom is 0.415 e. The molecule has 4 nitrogen and oxygen atoms in total. The molecule has 0 fully saturated rings. The first-order chi connectivity index (χ1) is 8.76. The maximum atomic E-state index is 12.2. The number of anilines is 1. The Morgan fingerprint density at radius 1 is 1.37 bits per heavy atom. The van der Waals surface area contributed by atoms with E-state index in [1.54, 1.807) is 52.0 Å². The molecule has 0 N–H and O–H groups in total. The van der Waals surface area contributed by atoms with Gasteiger partial charge in [-0.25, -0.2) is 4.79 Å². The zero-order valence-electron chi connectivity index (χ0n) is 11.5. The molecule has 1 atom stereocenters. The van der Waals surface area contributed by atoms with Gasteiger partial charge < -0.3 is 9.53 Å². The molecule has 1 amide bonds. The quantitative estimate of drug-likeness (QED) is 0.795. The molecule has 1 aromatic rings. The fourth-order valence-corrected chi connectivity index (χ4v) is 1.73. The predicted octanol–water partition coefficient (Wildman–Crippen LogP) is 3.67. The first kappa shape index (κ1) is 15.5. The van der Waals surface area contributed by atoms with Crippen LogP contribution in [-0.4, -0.2) is 24.0 Å². The molecule has 104 valence electrons. The van der Waals surface area contributed by atoms with E-state index >= 15 is 0 Å². The Morgan fingerprint density at radius 3 is 2.42 bits per heavy atom. The zero-order chi connectivity index (χ0) is 14.6. The molecule has 1 rings (SSSR count). The fourth-order valence-electron chi connectivity index (χ4n) is 1.50. The van der Waals surface area contributed by atoms with Gasteiger partial charge in [-0.2, -0.15) is 0 Å². The summed E-state index contributed by atoms with van der Waals surface area (Å²) in [6, 6.07) is 6.17. The highest BCUT2D eigenvalue weighted by Gasteiger charge is 2.28. The monoisotopic (exact) mass is 283 g/mol. The summed E-state index contributed by atoms with van der Waals surface area (Å²) in [6.07, 6.45) is 0.0768. The molecule has 0 unspecified atom stereocenters. The number of carbonyl (C=O) groups excluding carboxylic acids is 2. The Bertz CT molecular complexity index is 468. The highest BCUT2D eigenvalue weighted by atomic mass is 35.5. The molecule has 0 aliphatic carbocycles. The van der Waals surface area contributed by atoms with Crippen LogP contribution in [0.5, 0.6) is 0 Å². The SMILES string of the molecule is C[C@@H](C=O)N(C(=O)OC(C)(C)C)c1ccccc1Cl. The van der Waals surface area contributed by atoms with Gasteiger partial charge in [0.15, 0.2) is 0 Å². The third-order valence-electron chi connectivity index (χ3n) is 2.31. The first-order valence-electron chi connectivity index (χ1n) is 5.98. The van der Waals surface area contributed by atoms with Crippen molar-refractivity contribution in [1.29, 1.82) is 0 Å². The van der Waals surface area contributed by atoms with Crippen LogP contribution in [0.3, 0.4) is 0 Å². The van der Waals surface area contributed by atoms with E-state index in [9.17, 15) is 9.59 Å². The van der Waals surface area contributed by atoms with Crippen LogP contribution in [0.1, 0.15) is 27.7 Å². The van der Waals surface area contributed by atoms with E-state index in [-0.39, 0.29) is 0 Å². The molecular formula is C14H18ClNO3. The summed E-state index contributed by atoms with van der Waals surface area (Å²) in [7, 11) is 0. The second-order valence-electron chi connectivity index (χ2n) is 5.18. The number of aldehydes is 1. The van der Waals surface area contributed by atoms with Crippen molar-refractivity contribution in [3.05, 3.63) is 29.3 Å². The van der Waals surface area contributed by atoms with E-state index in [0.717, 1.165) is 0 Å². The Kier molecular flexibility index (Phi) is 4.95. The normalized spacial score (nSPS) is 12.7. The standard InChI is InChI=1S/C14H18ClNO3/c1-10(9-17)16(13(18)19-14(2,3)4)12-8-6-5-7-11(12)15/h5-10H,1-4H3/t10-/m0/s1. The van der Waals surface area contributed by atoms with Crippen molar-refractivity contribution in [1.82, 2.24) is 0 Å². The molecule has 19 heavy (non-hydrogen) atoms. The topological polar surface area (TPSA) is 46.6 Å². The van der Waals surface area contributed by atoms with Gasteiger partial charge in [-0.1, -0.05) is 23.7 Å². The summed E-state index contributed by atoms with van der Waals surface area (Å²) < 4.78 is 5.30. The highest BCUT2D eigenvalue weighted by Crippen LogP contribution is 2.28. The van der Waals surface area contributed by atoms with Crippen LogP contribution in [-0.2, 0) is 9.53 Å². The number of benzene rings is 1. The third-order valence-corrected chi connectivity index (χ3v) is 2.63. The molecule has 0 bridgehead atoms. The van der Waals surface area contributed by atoms with Crippen LogP contribution in [0.25, 0.3) is 0 Å². The number of hydrogen-bond acceptors (Lipinski definition) is 3. The molecule has 0 saturated heterocycles. The van der Waals surface area contributed by atoms with Crippen molar-refractivity contribution in [2.24, 2.45) is 0 Å². The van der Waals surface area contributed by atoms with Gasteiger partial charge in [-0.05, 0) is 39.8 Å². The summed E-state index contributed by atoms with van der Waals surface area (Å²) in [4.78, 5) is 24.5. The minimum Gasteiger partial charge on any atom is -0.443 e. The van der Waals surface area contributed by atoms with Gasteiger partial charge in [-0.15, -0.1) is 0 Å². The molecule has 0 radical (unpaired) electrons. The van der Waals surface area contributed by atoms with Crippen molar-refractivity contribution in [3.8, 4) is 0 Å². The second-order valence-corrected chi connectivity index (χ2v) is 5.59. The lowest BCUT2D eigenvalue weighted by Gasteiger charge is -2.29. The first-order valence-corrected chi connectivity index (χ1v) is 6.36. The molecule has 0 spiro atoms. The van der Waals surface area contributed by atoms with Gasteiger partial charge in [0.25, 0.3) is 0 Å². The predicted molar refractivity (Wildman–Crippen MR) is 75.7 cm³/mol. The number of hydrogen-bond donors (Lipinski definition) is 0. The number of nitrogens with zero attached hydrogens (tertiary/aromatic N) is 1. The Balaban J connectivity index is 3.13. The summed E-state index contributed by atoms with van der Waals surface area (Å²) in [5, 5.41) is 0.391. The van der Waals surface area contributed by atoms with Crippen LogP contribution in [0.4, 0.5) is 10.5 Å². The van der Waals surface area contributed by atoms with Crippen LogP contribution < -0.4 is 4.90 Å². The largest absolute Gasteiger partial charge is 0.443 e. The lowest BCUT2D eigenvalue weighted by atomic mass is 10.2. The van der Waals surface area contributed by atoms with Gasteiger partial charge in [0, 0.05) is 0 Å². The van der Waals surface area contributed by atoms with E-state index in [0.29, 0.717) is 17.0 Å². The molecule has 0 aliphatic heterocycles. The Labute approximate surface area is 118 Å². The van der Waals surface area contributed by atoms with E-state index < -0.39 is 17.7 Å². The number of para-hydroxylation sites is 1. The van der Waals surface area contributed by atoms with Crippen molar-refractivity contribution < 1.29 is 14.3 Å². The average molecular weight is 284 g/mol. The smallest absolute Gasteiger partial charge is 0.415 e. The molecule has 1 aromatic carbocycles. The molecular weight excluding hydrogens is 266 g/mol. The van der Waals surface area contributed by atoms with Gasteiger partial charge in [0.05, 0.1) is 16.8 Å². The Hall–Kier alpha value is -1.55.